The molecule has 3 rings (SSSR count). The molecule has 1 unspecified atom stereocenters. The predicted molar refractivity (Wildman–Crippen MR) is 77.0 cm³/mol. The Kier molecular flexibility index (Phi) is 3.58. The van der Waals surface area contributed by atoms with Gasteiger partial charge in [-0.05, 0) is 19.9 Å². The maximum atomic E-state index is 6.01. The second kappa shape index (κ2) is 5.38. The van der Waals surface area contributed by atoms with Gasteiger partial charge in [0.2, 0.25) is 0 Å². The summed E-state index contributed by atoms with van der Waals surface area (Å²) in [6.45, 7) is 1.36. The van der Waals surface area contributed by atoms with Crippen LogP contribution in [0.1, 0.15) is 36.4 Å². The van der Waals surface area contributed by atoms with Crippen molar-refractivity contribution in [1.82, 2.24) is 24.0 Å². The van der Waals surface area contributed by atoms with E-state index in [9.17, 15) is 0 Å². The number of nitrogens with zero attached hydrogens (tertiary/aromatic N) is 5. The van der Waals surface area contributed by atoms with E-state index in [0.29, 0.717) is 12.6 Å². The lowest BCUT2D eigenvalue weighted by atomic mass is 10.2. The highest BCUT2D eigenvalue weighted by atomic mass is 15.2. The lowest BCUT2D eigenvalue weighted by Gasteiger charge is -2.27. The van der Waals surface area contributed by atoms with Gasteiger partial charge in [-0.2, -0.15) is 0 Å². The third kappa shape index (κ3) is 2.48. The molecule has 1 aliphatic rings. The summed E-state index contributed by atoms with van der Waals surface area (Å²) in [5, 5.41) is 0. The standard InChI is InChI=1S/C14H22N6/c1-18-6-5-17-14(18)9-19(2)12(7-15)13-8-16-10-20(13)11-3-4-11/h5-6,8,10-12H,3-4,7,9,15H2,1-2H3. The maximum Gasteiger partial charge on any atom is 0.122 e. The molecule has 6 heteroatoms. The lowest BCUT2D eigenvalue weighted by molar-refractivity contribution is 0.225. The van der Waals surface area contributed by atoms with Gasteiger partial charge in [0.15, 0.2) is 0 Å². The molecule has 1 fully saturated rings. The molecule has 0 saturated heterocycles. The second-order valence-corrected chi connectivity index (χ2v) is 5.58. The van der Waals surface area contributed by atoms with Crippen molar-refractivity contribution in [2.24, 2.45) is 12.8 Å². The van der Waals surface area contributed by atoms with Crippen molar-refractivity contribution in [3.05, 3.63) is 36.4 Å². The molecule has 0 amide bonds. The highest BCUT2D eigenvalue weighted by Crippen LogP contribution is 2.37. The summed E-state index contributed by atoms with van der Waals surface area (Å²) in [7, 11) is 4.11. The largest absolute Gasteiger partial charge is 0.337 e. The van der Waals surface area contributed by atoms with Crippen LogP contribution in [0.3, 0.4) is 0 Å². The van der Waals surface area contributed by atoms with Crippen LogP contribution in [0.5, 0.6) is 0 Å². The minimum Gasteiger partial charge on any atom is -0.337 e. The molecular formula is C14H22N6. The summed E-state index contributed by atoms with van der Waals surface area (Å²) in [6.07, 6.45) is 10.2. The zero-order valence-electron chi connectivity index (χ0n) is 12.1. The summed E-state index contributed by atoms with van der Waals surface area (Å²) < 4.78 is 4.33. The predicted octanol–water partition coefficient (Wildman–Crippen LogP) is 1.08. The van der Waals surface area contributed by atoms with E-state index in [1.165, 1.54) is 18.5 Å². The lowest BCUT2D eigenvalue weighted by Crippen LogP contribution is -2.32. The van der Waals surface area contributed by atoms with Crippen LogP contribution in [0.25, 0.3) is 0 Å². The molecule has 1 saturated carbocycles. The number of rotatable bonds is 6. The quantitative estimate of drug-likeness (QED) is 0.856. The van der Waals surface area contributed by atoms with Crippen molar-refractivity contribution in [2.75, 3.05) is 13.6 Å². The van der Waals surface area contributed by atoms with Gasteiger partial charge in [0.1, 0.15) is 5.82 Å². The Balaban J connectivity index is 1.78. The van der Waals surface area contributed by atoms with Crippen LogP contribution >= 0.6 is 0 Å². The van der Waals surface area contributed by atoms with Crippen LogP contribution in [-0.4, -0.2) is 37.6 Å². The van der Waals surface area contributed by atoms with E-state index in [-0.39, 0.29) is 6.04 Å². The zero-order chi connectivity index (χ0) is 14.1. The summed E-state index contributed by atoms with van der Waals surface area (Å²) in [5.41, 5.74) is 7.23. The van der Waals surface area contributed by atoms with Gasteiger partial charge in [0, 0.05) is 38.2 Å². The van der Waals surface area contributed by atoms with Gasteiger partial charge >= 0.3 is 0 Å². The molecule has 2 N–H and O–H groups in total. The first kappa shape index (κ1) is 13.3. The average Bonchev–Trinajstić information content (AvgIpc) is 3.04. The molecule has 0 bridgehead atoms. The highest BCUT2D eigenvalue weighted by molar-refractivity contribution is 5.10. The van der Waals surface area contributed by atoms with Crippen LogP contribution < -0.4 is 5.73 Å². The fourth-order valence-corrected chi connectivity index (χ4v) is 2.64. The van der Waals surface area contributed by atoms with Crippen LogP contribution in [0.15, 0.2) is 24.9 Å². The smallest absolute Gasteiger partial charge is 0.122 e. The molecule has 108 valence electrons. The number of aryl methyl sites for hydroxylation is 1. The molecular weight excluding hydrogens is 252 g/mol. The first-order valence-corrected chi connectivity index (χ1v) is 7.09. The van der Waals surface area contributed by atoms with E-state index in [2.05, 4.69) is 26.5 Å². The van der Waals surface area contributed by atoms with Gasteiger partial charge in [-0.15, -0.1) is 0 Å². The van der Waals surface area contributed by atoms with Gasteiger partial charge in [0.25, 0.3) is 0 Å². The van der Waals surface area contributed by atoms with Crippen molar-refractivity contribution in [3.63, 3.8) is 0 Å². The monoisotopic (exact) mass is 274 g/mol. The number of imidazole rings is 2. The first-order chi connectivity index (χ1) is 9.70. The minimum absolute atomic E-state index is 0.176. The third-order valence-electron chi connectivity index (χ3n) is 4.04. The van der Waals surface area contributed by atoms with E-state index in [1.807, 2.05) is 36.5 Å². The van der Waals surface area contributed by atoms with Crippen LogP contribution in [0.2, 0.25) is 0 Å². The topological polar surface area (TPSA) is 64.9 Å². The number of aromatic nitrogens is 4. The van der Waals surface area contributed by atoms with Gasteiger partial charge in [0.05, 0.1) is 24.6 Å². The zero-order valence-corrected chi connectivity index (χ0v) is 12.1. The Bertz CT molecular complexity index is 568. The maximum absolute atomic E-state index is 6.01. The summed E-state index contributed by atoms with van der Waals surface area (Å²) >= 11 is 0. The highest BCUT2D eigenvalue weighted by Gasteiger charge is 2.29. The van der Waals surface area contributed by atoms with Crippen molar-refractivity contribution < 1.29 is 0 Å². The summed E-state index contributed by atoms with van der Waals surface area (Å²) in [4.78, 5) is 10.9. The molecule has 0 spiro atoms. The Hall–Kier alpha value is -1.66. The normalized spacial score (nSPS) is 16.8. The summed E-state index contributed by atoms with van der Waals surface area (Å²) in [5.74, 6) is 1.04. The Morgan fingerprint density at radius 3 is 2.90 bits per heavy atom. The van der Waals surface area contributed by atoms with Crippen molar-refractivity contribution in [2.45, 2.75) is 31.5 Å². The van der Waals surface area contributed by atoms with Gasteiger partial charge in [-0.25, -0.2) is 9.97 Å². The van der Waals surface area contributed by atoms with Crippen LogP contribution in [-0.2, 0) is 13.6 Å². The molecule has 0 aromatic carbocycles. The van der Waals surface area contributed by atoms with E-state index < -0.39 is 0 Å². The Morgan fingerprint density at radius 2 is 2.30 bits per heavy atom. The van der Waals surface area contributed by atoms with Crippen molar-refractivity contribution in [1.29, 1.82) is 0 Å². The fraction of sp³-hybridized carbons (Fsp3) is 0.571. The van der Waals surface area contributed by atoms with E-state index >= 15 is 0 Å². The minimum atomic E-state index is 0.176. The van der Waals surface area contributed by atoms with Crippen LogP contribution in [0, 0.1) is 0 Å². The van der Waals surface area contributed by atoms with Crippen molar-refractivity contribution >= 4 is 0 Å². The number of hydrogen-bond acceptors (Lipinski definition) is 4. The molecule has 2 heterocycles. The molecule has 2 aromatic rings. The number of hydrogen-bond donors (Lipinski definition) is 1. The second-order valence-electron chi connectivity index (χ2n) is 5.58. The molecule has 20 heavy (non-hydrogen) atoms. The number of likely N-dealkylation sites (N-methyl/N-ethyl adjacent to an activating group) is 1. The van der Waals surface area contributed by atoms with Gasteiger partial charge in [-0.1, -0.05) is 0 Å². The first-order valence-electron chi connectivity index (χ1n) is 7.09. The third-order valence-corrected chi connectivity index (χ3v) is 4.04. The van der Waals surface area contributed by atoms with Gasteiger partial charge < -0.3 is 14.9 Å². The van der Waals surface area contributed by atoms with E-state index in [0.717, 1.165) is 12.4 Å². The average molecular weight is 274 g/mol. The molecule has 0 aliphatic heterocycles. The van der Waals surface area contributed by atoms with Gasteiger partial charge in [-0.3, -0.25) is 4.90 Å². The molecule has 1 aliphatic carbocycles. The van der Waals surface area contributed by atoms with Crippen molar-refractivity contribution in [3.8, 4) is 0 Å². The van der Waals surface area contributed by atoms with E-state index in [1.54, 1.807) is 0 Å². The van der Waals surface area contributed by atoms with E-state index in [4.69, 9.17) is 5.73 Å². The molecule has 2 aromatic heterocycles. The van der Waals surface area contributed by atoms with Crippen LogP contribution in [0.4, 0.5) is 0 Å². The summed E-state index contributed by atoms with van der Waals surface area (Å²) in [6, 6.07) is 0.804. The SMILES string of the molecule is CN(Cc1nccn1C)C(CN)c1cncn1C1CC1. The molecule has 6 nitrogen and oxygen atoms in total. The number of nitrogens with two attached hydrogens (primary N) is 1. The molecule has 0 radical (unpaired) electrons. The molecule has 1 atom stereocenters. The fourth-order valence-electron chi connectivity index (χ4n) is 2.64. The Morgan fingerprint density at radius 1 is 1.50 bits per heavy atom. The Labute approximate surface area is 119 Å².